The number of rotatable bonds is 5. The Balaban J connectivity index is 1.78. The van der Waals surface area contributed by atoms with Gasteiger partial charge in [-0.3, -0.25) is 0 Å². The third-order valence-electron chi connectivity index (χ3n) is 2.90. The summed E-state index contributed by atoms with van der Waals surface area (Å²) in [4.78, 5) is 0. The number of hydrogen-bond donors (Lipinski definition) is 1. The number of aromatic nitrogens is 3. The fourth-order valence-corrected chi connectivity index (χ4v) is 1.71. The molecule has 1 N–H and O–H groups in total. The van der Waals surface area contributed by atoms with Crippen LogP contribution in [0, 0.1) is 12.7 Å². The van der Waals surface area contributed by atoms with Crippen LogP contribution in [-0.4, -0.2) is 21.3 Å². The van der Waals surface area contributed by atoms with Crippen molar-refractivity contribution >= 4 is 0 Å². The average Bonchev–Trinajstić information content (AvgIpc) is 2.75. The van der Waals surface area contributed by atoms with Gasteiger partial charge in [0.25, 0.3) is 0 Å². The second kappa shape index (κ2) is 5.73. The number of aryl methyl sites for hydroxylation is 2. The van der Waals surface area contributed by atoms with E-state index >= 15 is 0 Å². The molecule has 1 aromatic carbocycles. The van der Waals surface area contributed by atoms with Crippen LogP contribution in [0.1, 0.15) is 17.0 Å². The van der Waals surface area contributed by atoms with Gasteiger partial charge in [-0.1, -0.05) is 12.1 Å². The van der Waals surface area contributed by atoms with E-state index in [1.54, 1.807) is 25.4 Å². The summed E-state index contributed by atoms with van der Waals surface area (Å²) >= 11 is 0. The van der Waals surface area contributed by atoms with E-state index in [-0.39, 0.29) is 5.82 Å². The first kappa shape index (κ1) is 12.7. The van der Waals surface area contributed by atoms with Crippen LogP contribution in [-0.2, 0) is 20.0 Å². The molecule has 18 heavy (non-hydrogen) atoms. The zero-order chi connectivity index (χ0) is 13.0. The zero-order valence-corrected chi connectivity index (χ0v) is 10.7. The molecule has 0 radical (unpaired) electrons. The van der Waals surface area contributed by atoms with Crippen LogP contribution in [0.25, 0.3) is 0 Å². The van der Waals surface area contributed by atoms with E-state index in [1.807, 2.05) is 17.7 Å². The van der Waals surface area contributed by atoms with Gasteiger partial charge in [0.2, 0.25) is 0 Å². The Morgan fingerprint density at radius 3 is 2.89 bits per heavy atom. The SMILES string of the molecule is Cc1ccc(CNCCc2nncn2C)cc1F. The minimum Gasteiger partial charge on any atom is -0.321 e. The van der Waals surface area contributed by atoms with Crippen molar-refractivity contribution in [1.82, 2.24) is 20.1 Å². The standard InChI is InChI=1S/C13H17FN4/c1-10-3-4-11(7-12(10)14)8-15-6-5-13-17-16-9-18(13)2/h3-4,7,9,15H,5-6,8H2,1-2H3. The highest BCUT2D eigenvalue weighted by atomic mass is 19.1. The zero-order valence-electron chi connectivity index (χ0n) is 10.7. The maximum atomic E-state index is 13.3. The fraction of sp³-hybridized carbons (Fsp3) is 0.385. The molecule has 2 aromatic rings. The van der Waals surface area contributed by atoms with Crippen molar-refractivity contribution in [3.63, 3.8) is 0 Å². The van der Waals surface area contributed by atoms with Crippen LogP contribution in [0.4, 0.5) is 4.39 Å². The van der Waals surface area contributed by atoms with E-state index in [0.29, 0.717) is 12.1 Å². The minimum absolute atomic E-state index is 0.150. The van der Waals surface area contributed by atoms with Crippen LogP contribution in [0.3, 0.4) is 0 Å². The molecule has 0 saturated carbocycles. The normalized spacial score (nSPS) is 10.8. The smallest absolute Gasteiger partial charge is 0.133 e. The molecule has 0 aliphatic carbocycles. The fourth-order valence-electron chi connectivity index (χ4n) is 1.71. The van der Waals surface area contributed by atoms with Gasteiger partial charge < -0.3 is 9.88 Å². The van der Waals surface area contributed by atoms with Gasteiger partial charge in [-0.25, -0.2) is 4.39 Å². The van der Waals surface area contributed by atoms with Crippen LogP contribution in [0.15, 0.2) is 24.5 Å². The van der Waals surface area contributed by atoms with Crippen molar-refractivity contribution in [3.8, 4) is 0 Å². The summed E-state index contributed by atoms with van der Waals surface area (Å²) in [6.07, 6.45) is 2.50. The van der Waals surface area contributed by atoms with E-state index in [2.05, 4.69) is 15.5 Å². The van der Waals surface area contributed by atoms with E-state index < -0.39 is 0 Å². The molecule has 0 spiro atoms. The molecule has 1 heterocycles. The lowest BCUT2D eigenvalue weighted by Crippen LogP contribution is -2.18. The van der Waals surface area contributed by atoms with Crippen molar-refractivity contribution in [3.05, 3.63) is 47.3 Å². The number of hydrogen-bond acceptors (Lipinski definition) is 3. The Kier molecular flexibility index (Phi) is 4.04. The highest BCUT2D eigenvalue weighted by Crippen LogP contribution is 2.08. The lowest BCUT2D eigenvalue weighted by atomic mass is 10.1. The van der Waals surface area contributed by atoms with Crippen LogP contribution < -0.4 is 5.32 Å². The maximum Gasteiger partial charge on any atom is 0.133 e. The first-order chi connectivity index (χ1) is 8.66. The summed E-state index contributed by atoms with van der Waals surface area (Å²) < 4.78 is 15.2. The summed E-state index contributed by atoms with van der Waals surface area (Å²) in [7, 11) is 1.92. The Labute approximate surface area is 106 Å². The van der Waals surface area contributed by atoms with Crippen molar-refractivity contribution in [2.75, 3.05) is 6.54 Å². The Bertz CT molecular complexity index is 521. The molecule has 0 unspecified atom stereocenters. The number of nitrogens with zero attached hydrogens (tertiary/aromatic N) is 3. The molecule has 0 aliphatic rings. The molecular weight excluding hydrogens is 231 g/mol. The molecule has 96 valence electrons. The first-order valence-electron chi connectivity index (χ1n) is 5.95. The van der Waals surface area contributed by atoms with E-state index in [1.165, 1.54) is 0 Å². The van der Waals surface area contributed by atoms with Gasteiger partial charge in [-0.05, 0) is 24.1 Å². The van der Waals surface area contributed by atoms with Gasteiger partial charge in [-0.2, -0.15) is 0 Å². The molecular formula is C13H17FN4. The Morgan fingerprint density at radius 2 is 2.22 bits per heavy atom. The molecule has 4 nitrogen and oxygen atoms in total. The second-order valence-electron chi connectivity index (χ2n) is 4.37. The predicted molar refractivity (Wildman–Crippen MR) is 67.6 cm³/mol. The lowest BCUT2D eigenvalue weighted by molar-refractivity contribution is 0.609. The van der Waals surface area contributed by atoms with Crippen LogP contribution in [0.5, 0.6) is 0 Å². The molecule has 5 heteroatoms. The van der Waals surface area contributed by atoms with E-state index in [0.717, 1.165) is 24.4 Å². The van der Waals surface area contributed by atoms with Crippen LogP contribution in [0.2, 0.25) is 0 Å². The lowest BCUT2D eigenvalue weighted by Gasteiger charge is -2.06. The van der Waals surface area contributed by atoms with E-state index in [9.17, 15) is 4.39 Å². The van der Waals surface area contributed by atoms with Crippen molar-refractivity contribution < 1.29 is 4.39 Å². The highest BCUT2D eigenvalue weighted by molar-refractivity contribution is 5.23. The van der Waals surface area contributed by atoms with Gasteiger partial charge >= 0.3 is 0 Å². The molecule has 0 aliphatic heterocycles. The van der Waals surface area contributed by atoms with Gasteiger partial charge in [-0.15, -0.1) is 10.2 Å². The monoisotopic (exact) mass is 248 g/mol. The topological polar surface area (TPSA) is 42.7 Å². The summed E-state index contributed by atoms with van der Waals surface area (Å²) in [5, 5.41) is 11.1. The summed E-state index contributed by atoms with van der Waals surface area (Å²) in [5.74, 6) is 0.792. The van der Waals surface area contributed by atoms with Gasteiger partial charge in [0.15, 0.2) is 0 Å². The third kappa shape index (κ3) is 3.13. The minimum atomic E-state index is -0.150. The van der Waals surface area contributed by atoms with E-state index in [4.69, 9.17) is 0 Å². The molecule has 1 aromatic heterocycles. The summed E-state index contributed by atoms with van der Waals surface area (Å²) in [6, 6.07) is 5.31. The summed E-state index contributed by atoms with van der Waals surface area (Å²) in [5.41, 5.74) is 1.63. The van der Waals surface area contributed by atoms with Crippen molar-refractivity contribution in [1.29, 1.82) is 0 Å². The number of benzene rings is 1. The number of nitrogens with one attached hydrogen (secondary N) is 1. The van der Waals surface area contributed by atoms with Crippen molar-refractivity contribution in [2.24, 2.45) is 7.05 Å². The largest absolute Gasteiger partial charge is 0.321 e. The van der Waals surface area contributed by atoms with Gasteiger partial charge in [0.05, 0.1) is 0 Å². The summed E-state index contributed by atoms with van der Waals surface area (Å²) in [6.45, 7) is 3.22. The third-order valence-corrected chi connectivity index (χ3v) is 2.90. The van der Waals surface area contributed by atoms with Gasteiger partial charge in [0.1, 0.15) is 18.0 Å². The maximum absolute atomic E-state index is 13.3. The first-order valence-corrected chi connectivity index (χ1v) is 5.95. The second-order valence-corrected chi connectivity index (χ2v) is 4.37. The average molecular weight is 248 g/mol. The molecule has 0 saturated heterocycles. The molecule has 0 bridgehead atoms. The molecule has 0 fully saturated rings. The molecule has 2 rings (SSSR count). The predicted octanol–water partition coefficient (Wildman–Crippen LogP) is 1.59. The van der Waals surface area contributed by atoms with Gasteiger partial charge in [0, 0.05) is 26.6 Å². The molecule has 0 amide bonds. The quantitative estimate of drug-likeness (QED) is 0.817. The van der Waals surface area contributed by atoms with Crippen molar-refractivity contribution in [2.45, 2.75) is 19.9 Å². The Hall–Kier alpha value is -1.75. The highest BCUT2D eigenvalue weighted by Gasteiger charge is 2.01. The van der Waals surface area contributed by atoms with Crippen LogP contribution >= 0.6 is 0 Å². The molecule has 0 atom stereocenters. The number of halogens is 1. The Morgan fingerprint density at radius 1 is 1.39 bits per heavy atom.